The van der Waals surface area contributed by atoms with Gasteiger partial charge in [-0.05, 0) is 0 Å². The Kier molecular flexibility index (Phi) is 7.77. The molecule has 0 aliphatic carbocycles. The number of aryl methyl sites for hydroxylation is 2. The third-order valence-corrected chi connectivity index (χ3v) is 10.0. The van der Waals surface area contributed by atoms with Crippen molar-refractivity contribution < 1.29 is 42.4 Å². The average molecular weight is 602 g/mol. The van der Waals surface area contributed by atoms with E-state index in [1.807, 2.05) is 0 Å². The van der Waals surface area contributed by atoms with E-state index in [4.69, 9.17) is 0 Å². The van der Waals surface area contributed by atoms with E-state index in [0.717, 1.165) is 12.8 Å². The van der Waals surface area contributed by atoms with E-state index in [1.54, 1.807) is 0 Å². The SMILES string of the molecule is c1ccc([I-]c2ccc(CCCc3ccc([I-]c4ccccc4)cc3)cc2)cc1. The molecule has 0 unspecified atom stereocenters. The van der Waals surface area contributed by atoms with Gasteiger partial charge in [-0.1, -0.05) is 0 Å². The van der Waals surface area contributed by atoms with Crippen molar-refractivity contribution >= 4 is 0 Å². The molecule has 0 radical (unpaired) electrons. The van der Waals surface area contributed by atoms with Crippen LogP contribution in [0.15, 0.2) is 109 Å². The predicted octanol–water partition coefficient (Wildman–Crippen LogP) is 0.119. The molecule has 29 heavy (non-hydrogen) atoms. The summed E-state index contributed by atoms with van der Waals surface area (Å²) in [5, 5.41) is 0. The normalized spacial score (nSPS) is 11.0. The maximum absolute atomic E-state index is 2.33. The van der Waals surface area contributed by atoms with Crippen LogP contribution in [0.4, 0.5) is 0 Å². The van der Waals surface area contributed by atoms with Crippen LogP contribution < -0.4 is 42.4 Å². The fourth-order valence-corrected chi connectivity index (χ4v) is 7.56. The van der Waals surface area contributed by atoms with Gasteiger partial charge in [0.1, 0.15) is 0 Å². The molecule has 4 rings (SSSR count). The van der Waals surface area contributed by atoms with Gasteiger partial charge in [-0.25, -0.2) is 0 Å². The molecule has 0 aliphatic heterocycles. The average Bonchev–Trinajstić information content (AvgIpc) is 2.78. The zero-order valence-electron chi connectivity index (χ0n) is 16.3. The standard InChI is InChI=1S/C27H24I2/c1-3-10-24(11-4-1)28-26-18-14-22(15-19-26)8-7-9-23-16-20-27(21-17-23)29-25-12-5-2-6-13-25/h1-6,10-21H,7-9H2/q-2. The van der Waals surface area contributed by atoms with Gasteiger partial charge in [-0.2, -0.15) is 0 Å². The van der Waals surface area contributed by atoms with Gasteiger partial charge in [0, 0.05) is 0 Å². The Morgan fingerprint density at radius 2 is 0.724 bits per heavy atom. The van der Waals surface area contributed by atoms with Gasteiger partial charge >= 0.3 is 196 Å². The van der Waals surface area contributed by atoms with Crippen molar-refractivity contribution in [2.45, 2.75) is 19.3 Å². The first-order valence-corrected chi connectivity index (χ1v) is 14.2. The zero-order chi connectivity index (χ0) is 19.7. The molecule has 0 atom stereocenters. The molecule has 0 spiro atoms. The van der Waals surface area contributed by atoms with E-state index in [1.165, 1.54) is 31.8 Å². The molecule has 0 N–H and O–H groups in total. The Bertz CT molecular complexity index is 907. The molecule has 4 aromatic rings. The molecule has 0 aromatic heterocycles. The topological polar surface area (TPSA) is 0 Å². The summed E-state index contributed by atoms with van der Waals surface area (Å²) in [6, 6.07) is 40.3. The minimum atomic E-state index is -0.0541. The van der Waals surface area contributed by atoms with E-state index < -0.39 is 0 Å². The summed E-state index contributed by atoms with van der Waals surface area (Å²) in [7, 11) is 0. The van der Waals surface area contributed by atoms with Crippen molar-refractivity contribution in [1.82, 2.24) is 0 Å². The summed E-state index contributed by atoms with van der Waals surface area (Å²) in [6.07, 6.45) is 3.52. The quantitative estimate of drug-likeness (QED) is 0.252. The Labute approximate surface area is 194 Å². The molecule has 0 fully saturated rings. The summed E-state index contributed by atoms with van der Waals surface area (Å²) in [6.45, 7) is 0. The Morgan fingerprint density at radius 1 is 0.379 bits per heavy atom. The summed E-state index contributed by atoms with van der Waals surface area (Å²) in [4.78, 5) is 0. The van der Waals surface area contributed by atoms with Crippen LogP contribution in [0.25, 0.3) is 0 Å². The summed E-state index contributed by atoms with van der Waals surface area (Å²) < 4.78 is 5.96. The van der Waals surface area contributed by atoms with E-state index in [0.29, 0.717) is 0 Å². The Hall–Kier alpha value is -1.66. The van der Waals surface area contributed by atoms with E-state index in [9.17, 15) is 0 Å². The molecule has 0 nitrogen and oxygen atoms in total. The first-order chi connectivity index (χ1) is 14.3. The predicted molar refractivity (Wildman–Crippen MR) is 113 cm³/mol. The van der Waals surface area contributed by atoms with Gasteiger partial charge in [-0.15, -0.1) is 0 Å². The molecule has 0 amide bonds. The van der Waals surface area contributed by atoms with Crippen molar-refractivity contribution in [3.63, 3.8) is 0 Å². The Balaban J connectivity index is 1.24. The summed E-state index contributed by atoms with van der Waals surface area (Å²) >= 11 is -0.108. The van der Waals surface area contributed by atoms with E-state index >= 15 is 0 Å². The minimum absolute atomic E-state index is 0.0541. The van der Waals surface area contributed by atoms with Crippen LogP contribution in [0, 0.1) is 14.3 Å². The van der Waals surface area contributed by atoms with E-state index in [-0.39, 0.29) is 42.4 Å². The maximum atomic E-state index is 2.33. The van der Waals surface area contributed by atoms with Crippen LogP contribution in [-0.2, 0) is 12.8 Å². The molecular formula is C27H24I2-2. The molecule has 148 valence electrons. The number of rotatable bonds is 8. The fourth-order valence-electron chi connectivity index (χ4n) is 3.13. The summed E-state index contributed by atoms with van der Waals surface area (Å²) in [5.74, 6) is 0. The summed E-state index contributed by atoms with van der Waals surface area (Å²) in [5.41, 5.74) is 2.91. The van der Waals surface area contributed by atoms with Crippen LogP contribution in [0.3, 0.4) is 0 Å². The van der Waals surface area contributed by atoms with Crippen molar-refractivity contribution in [3.8, 4) is 0 Å². The number of hydrogen-bond acceptors (Lipinski definition) is 0. The second kappa shape index (κ2) is 10.9. The fraction of sp³-hybridized carbons (Fsp3) is 0.111. The van der Waals surface area contributed by atoms with Crippen molar-refractivity contribution in [1.29, 1.82) is 0 Å². The molecular weight excluding hydrogens is 578 g/mol. The van der Waals surface area contributed by atoms with Crippen LogP contribution in [-0.4, -0.2) is 0 Å². The van der Waals surface area contributed by atoms with Gasteiger partial charge in [0.15, 0.2) is 0 Å². The van der Waals surface area contributed by atoms with Crippen molar-refractivity contribution in [2.75, 3.05) is 0 Å². The monoisotopic (exact) mass is 602 g/mol. The third-order valence-electron chi connectivity index (χ3n) is 4.66. The zero-order valence-corrected chi connectivity index (χ0v) is 20.6. The van der Waals surface area contributed by atoms with Gasteiger partial charge in [0.25, 0.3) is 0 Å². The first kappa shape index (κ1) is 20.6. The van der Waals surface area contributed by atoms with Gasteiger partial charge in [0.05, 0.1) is 0 Å². The second-order valence-corrected chi connectivity index (χ2v) is 12.9. The van der Waals surface area contributed by atoms with Crippen LogP contribution in [0.5, 0.6) is 0 Å². The Morgan fingerprint density at radius 3 is 1.10 bits per heavy atom. The van der Waals surface area contributed by atoms with E-state index in [2.05, 4.69) is 109 Å². The van der Waals surface area contributed by atoms with Crippen LogP contribution >= 0.6 is 0 Å². The molecule has 0 aliphatic rings. The molecule has 0 bridgehead atoms. The van der Waals surface area contributed by atoms with Crippen molar-refractivity contribution in [2.24, 2.45) is 0 Å². The van der Waals surface area contributed by atoms with Gasteiger partial charge in [0.2, 0.25) is 0 Å². The molecule has 0 saturated heterocycles. The second-order valence-electron chi connectivity index (χ2n) is 6.89. The number of halogens is 2. The number of benzene rings is 4. The van der Waals surface area contributed by atoms with Crippen LogP contribution in [0.1, 0.15) is 17.5 Å². The van der Waals surface area contributed by atoms with Crippen LogP contribution in [0.2, 0.25) is 0 Å². The first-order valence-electron chi connectivity index (χ1n) is 9.93. The molecule has 0 saturated carbocycles. The third kappa shape index (κ3) is 6.68. The van der Waals surface area contributed by atoms with Gasteiger partial charge in [-0.3, -0.25) is 0 Å². The molecule has 2 heteroatoms. The van der Waals surface area contributed by atoms with Gasteiger partial charge < -0.3 is 0 Å². The number of hydrogen-bond donors (Lipinski definition) is 0. The molecule has 4 aromatic carbocycles. The van der Waals surface area contributed by atoms with Crippen molar-refractivity contribution in [3.05, 3.63) is 135 Å². The molecule has 0 heterocycles.